The molecule has 0 aromatic heterocycles. The second-order valence-electron chi connectivity index (χ2n) is 3.64. The summed E-state index contributed by atoms with van der Waals surface area (Å²) in [5.74, 6) is -0.474. The molecule has 3 nitrogen and oxygen atoms in total. The highest BCUT2D eigenvalue weighted by atomic mass is 16.3. The highest BCUT2D eigenvalue weighted by Gasteiger charge is 2.42. The maximum absolute atomic E-state index is 11.0. The summed E-state index contributed by atoms with van der Waals surface area (Å²) in [5, 5.41) is 9.93. The van der Waals surface area contributed by atoms with Gasteiger partial charge in [0.15, 0.2) is 0 Å². The lowest BCUT2D eigenvalue weighted by atomic mass is 9.73. The fourth-order valence-corrected chi connectivity index (χ4v) is 2.09. The summed E-state index contributed by atoms with van der Waals surface area (Å²) in [4.78, 5) is 11.0. The Balaban J connectivity index is 2.75. The van der Waals surface area contributed by atoms with Crippen molar-refractivity contribution in [3.63, 3.8) is 0 Å². The van der Waals surface area contributed by atoms with Crippen LogP contribution in [0.1, 0.15) is 39.0 Å². The summed E-state index contributed by atoms with van der Waals surface area (Å²) in [5.41, 5.74) is 3.96. The van der Waals surface area contributed by atoms with Crippen LogP contribution in [0, 0.1) is 5.92 Å². The van der Waals surface area contributed by atoms with E-state index in [4.69, 9.17) is 5.73 Å². The molecule has 2 atom stereocenters. The maximum Gasteiger partial charge on any atom is 0.249 e. The number of rotatable bonds is 2. The van der Waals surface area contributed by atoms with Crippen molar-refractivity contribution in [2.75, 3.05) is 0 Å². The molecule has 0 aromatic rings. The number of hydrogen-bond donors (Lipinski definition) is 2. The van der Waals surface area contributed by atoms with E-state index < -0.39 is 11.5 Å². The van der Waals surface area contributed by atoms with Gasteiger partial charge >= 0.3 is 0 Å². The summed E-state index contributed by atoms with van der Waals surface area (Å²) in [6.07, 6.45) is 4.32. The highest BCUT2D eigenvalue weighted by Crippen LogP contribution is 2.35. The molecule has 1 fully saturated rings. The largest absolute Gasteiger partial charge is 0.380 e. The molecular formula is C9H17NO2. The number of hydrogen-bond acceptors (Lipinski definition) is 2. The van der Waals surface area contributed by atoms with Crippen molar-refractivity contribution in [1.29, 1.82) is 0 Å². The van der Waals surface area contributed by atoms with E-state index in [1.165, 1.54) is 0 Å². The Bertz CT molecular complexity index is 181. The lowest BCUT2D eigenvalue weighted by molar-refractivity contribution is -0.146. The molecule has 3 N–H and O–H groups in total. The zero-order valence-corrected chi connectivity index (χ0v) is 7.55. The van der Waals surface area contributed by atoms with Gasteiger partial charge in [-0.3, -0.25) is 4.79 Å². The molecule has 0 heterocycles. The second kappa shape index (κ2) is 3.44. The van der Waals surface area contributed by atoms with E-state index >= 15 is 0 Å². The standard InChI is InChI=1S/C9H17NO2/c1-2-7-5-3-4-6-9(7,12)8(10)11/h7,12H,2-6H2,1H3,(H2,10,11). The Labute approximate surface area is 72.9 Å². The van der Waals surface area contributed by atoms with E-state index in [0.29, 0.717) is 6.42 Å². The van der Waals surface area contributed by atoms with Crippen LogP contribution in [0.5, 0.6) is 0 Å². The van der Waals surface area contributed by atoms with Gasteiger partial charge in [0.1, 0.15) is 5.60 Å². The predicted molar refractivity (Wildman–Crippen MR) is 46.4 cm³/mol. The Kier molecular flexibility index (Phi) is 2.73. The molecule has 1 rings (SSSR count). The summed E-state index contributed by atoms with van der Waals surface area (Å²) in [6.45, 7) is 1.99. The van der Waals surface area contributed by atoms with Gasteiger partial charge in [-0.05, 0) is 18.8 Å². The van der Waals surface area contributed by atoms with E-state index in [-0.39, 0.29) is 5.92 Å². The molecule has 0 spiro atoms. The topological polar surface area (TPSA) is 63.3 Å². The minimum Gasteiger partial charge on any atom is -0.380 e. The first-order valence-corrected chi connectivity index (χ1v) is 4.63. The molecule has 0 aromatic carbocycles. The van der Waals surface area contributed by atoms with Gasteiger partial charge in [-0.25, -0.2) is 0 Å². The van der Waals surface area contributed by atoms with Gasteiger partial charge in [-0.1, -0.05) is 26.2 Å². The molecule has 0 radical (unpaired) electrons. The van der Waals surface area contributed by atoms with Crippen molar-refractivity contribution in [3.05, 3.63) is 0 Å². The van der Waals surface area contributed by atoms with Crippen molar-refractivity contribution in [2.24, 2.45) is 11.7 Å². The number of carbonyl (C=O) groups excluding carboxylic acids is 1. The molecule has 70 valence electrons. The van der Waals surface area contributed by atoms with Crippen LogP contribution >= 0.6 is 0 Å². The third-order valence-corrected chi connectivity index (χ3v) is 2.96. The van der Waals surface area contributed by atoms with E-state index in [0.717, 1.165) is 25.7 Å². The fraction of sp³-hybridized carbons (Fsp3) is 0.889. The van der Waals surface area contributed by atoms with Crippen LogP contribution in [0.2, 0.25) is 0 Å². The molecule has 0 aliphatic heterocycles. The minimum absolute atomic E-state index is 0.0729. The van der Waals surface area contributed by atoms with Crippen LogP contribution in [0.4, 0.5) is 0 Å². The van der Waals surface area contributed by atoms with Crippen molar-refractivity contribution >= 4 is 5.91 Å². The molecular weight excluding hydrogens is 154 g/mol. The first-order chi connectivity index (χ1) is 5.61. The second-order valence-corrected chi connectivity index (χ2v) is 3.64. The third kappa shape index (κ3) is 1.46. The average molecular weight is 171 g/mol. The molecule has 3 heteroatoms. The highest BCUT2D eigenvalue weighted by molar-refractivity contribution is 5.83. The molecule has 2 unspecified atom stereocenters. The first-order valence-electron chi connectivity index (χ1n) is 4.63. The average Bonchev–Trinajstić information content (AvgIpc) is 2.05. The van der Waals surface area contributed by atoms with Gasteiger partial charge in [-0.15, -0.1) is 0 Å². The van der Waals surface area contributed by atoms with Crippen molar-refractivity contribution in [2.45, 2.75) is 44.6 Å². The lowest BCUT2D eigenvalue weighted by Crippen LogP contribution is -2.51. The molecule has 0 saturated heterocycles. The van der Waals surface area contributed by atoms with Crippen LogP contribution in [-0.2, 0) is 4.79 Å². The normalized spacial score (nSPS) is 36.3. The molecule has 1 amide bonds. The number of carbonyl (C=O) groups is 1. The Morgan fingerprint density at radius 2 is 2.33 bits per heavy atom. The molecule has 1 aliphatic rings. The quantitative estimate of drug-likeness (QED) is 0.645. The number of amides is 1. The predicted octanol–water partition coefficient (Wildman–Crippen LogP) is 0.803. The van der Waals surface area contributed by atoms with E-state index in [1.54, 1.807) is 0 Å². The Hall–Kier alpha value is -0.570. The minimum atomic E-state index is -1.22. The summed E-state index contributed by atoms with van der Waals surface area (Å²) in [7, 11) is 0. The maximum atomic E-state index is 11.0. The van der Waals surface area contributed by atoms with Crippen molar-refractivity contribution in [1.82, 2.24) is 0 Å². The number of primary amides is 1. The number of aliphatic hydroxyl groups is 1. The van der Waals surface area contributed by atoms with Crippen LogP contribution in [-0.4, -0.2) is 16.6 Å². The van der Waals surface area contributed by atoms with E-state index in [9.17, 15) is 9.90 Å². The van der Waals surface area contributed by atoms with Gasteiger partial charge in [-0.2, -0.15) is 0 Å². The van der Waals surface area contributed by atoms with Crippen LogP contribution in [0.25, 0.3) is 0 Å². The molecule has 1 saturated carbocycles. The van der Waals surface area contributed by atoms with Gasteiger partial charge in [0.2, 0.25) is 5.91 Å². The first kappa shape index (κ1) is 9.52. The van der Waals surface area contributed by atoms with Crippen molar-refractivity contribution < 1.29 is 9.90 Å². The zero-order chi connectivity index (χ0) is 9.19. The van der Waals surface area contributed by atoms with Crippen molar-refractivity contribution in [3.8, 4) is 0 Å². The van der Waals surface area contributed by atoms with Gasteiger partial charge in [0.05, 0.1) is 0 Å². The fourth-order valence-electron chi connectivity index (χ4n) is 2.09. The van der Waals surface area contributed by atoms with E-state index in [2.05, 4.69) is 0 Å². The van der Waals surface area contributed by atoms with Gasteiger partial charge in [0.25, 0.3) is 0 Å². The zero-order valence-electron chi connectivity index (χ0n) is 7.55. The molecule has 0 bridgehead atoms. The van der Waals surface area contributed by atoms with Gasteiger partial charge < -0.3 is 10.8 Å². The van der Waals surface area contributed by atoms with Crippen LogP contribution < -0.4 is 5.73 Å². The third-order valence-electron chi connectivity index (χ3n) is 2.96. The van der Waals surface area contributed by atoms with E-state index in [1.807, 2.05) is 6.92 Å². The summed E-state index contributed by atoms with van der Waals surface area (Å²) >= 11 is 0. The van der Waals surface area contributed by atoms with Crippen LogP contribution in [0.3, 0.4) is 0 Å². The molecule has 12 heavy (non-hydrogen) atoms. The molecule has 1 aliphatic carbocycles. The summed E-state index contributed by atoms with van der Waals surface area (Å²) in [6, 6.07) is 0. The number of nitrogens with two attached hydrogens (primary N) is 1. The smallest absolute Gasteiger partial charge is 0.249 e. The summed E-state index contributed by atoms with van der Waals surface area (Å²) < 4.78 is 0. The monoisotopic (exact) mass is 171 g/mol. The SMILES string of the molecule is CCC1CCCCC1(O)C(N)=O. The van der Waals surface area contributed by atoms with Gasteiger partial charge in [0, 0.05) is 0 Å². The van der Waals surface area contributed by atoms with Crippen LogP contribution in [0.15, 0.2) is 0 Å². The Morgan fingerprint density at radius 3 is 2.75 bits per heavy atom. The lowest BCUT2D eigenvalue weighted by Gasteiger charge is -2.36. The Morgan fingerprint density at radius 1 is 1.67 bits per heavy atom.